The Kier molecular flexibility index (Phi) is 5.77. The second-order valence-electron chi connectivity index (χ2n) is 5.67. The molecule has 2 unspecified atom stereocenters. The average molecular weight is 306 g/mol. The lowest BCUT2D eigenvalue weighted by Gasteiger charge is -2.28. The second kappa shape index (κ2) is 7.79. The third-order valence-electron chi connectivity index (χ3n) is 4.00. The molecule has 0 aromatic heterocycles. The molecule has 1 aromatic carbocycles. The van der Waals surface area contributed by atoms with Crippen LogP contribution < -0.4 is 10.6 Å². The Balaban J connectivity index is 1.72. The van der Waals surface area contributed by atoms with Crippen LogP contribution in [0.15, 0.2) is 24.3 Å². The molecule has 0 saturated carbocycles. The van der Waals surface area contributed by atoms with Gasteiger partial charge in [0.15, 0.2) is 0 Å². The van der Waals surface area contributed by atoms with Gasteiger partial charge in [-0.2, -0.15) is 0 Å². The maximum atomic E-state index is 11.8. The highest BCUT2D eigenvalue weighted by Crippen LogP contribution is 2.20. The SMILES string of the molecule is CC1COCCC1CNC(=O)NCc1ccc(C(=O)O)cc1. The third-order valence-corrected chi connectivity index (χ3v) is 4.00. The standard InChI is InChI=1S/C16H22N2O4/c1-11-10-22-7-6-14(11)9-18-16(21)17-8-12-2-4-13(5-3-12)15(19)20/h2-5,11,14H,6-10H2,1H3,(H,19,20)(H2,17,18,21). The minimum absolute atomic E-state index is 0.207. The second-order valence-corrected chi connectivity index (χ2v) is 5.67. The van der Waals surface area contributed by atoms with Gasteiger partial charge in [-0.15, -0.1) is 0 Å². The van der Waals surface area contributed by atoms with Crippen LogP contribution in [0.2, 0.25) is 0 Å². The van der Waals surface area contributed by atoms with Crippen LogP contribution in [0.4, 0.5) is 4.79 Å². The lowest BCUT2D eigenvalue weighted by atomic mass is 9.90. The van der Waals surface area contributed by atoms with E-state index in [9.17, 15) is 9.59 Å². The molecule has 1 aromatic rings. The van der Waals surface area contributed by atoms with Crippen LogP contribution in [0.1, 0.15) is 29.3 Å². The predicted molar refractivity (Wildman–Crippen MR) is 81.7 cm³/mol. The number of aromatic carboxylic acids is 1. The van der Waals surface area contributed by atoms with Crippen molar-refractivity contribution in [2.45, 2.75) is 19.9 Å². The molecule has 2 atom stereocenters. The molecular weight excluding hydrogens is 284 g/mol. The fraction of sp³-hybridized carbons (Fsp3) is 0.500. The number of nitrogens with one attached hydrogen (secondary N) is 2. The summed E-state index contributed by atoms with van der Waals surface area (Å²) in [7, 11) is 0. The van der Waals surface area contributed by atoms with E-state index in [0.29, 0.717) is 24.9 Å². The molecule has 120 valence electrons. The molecule has 0 bridgehead atoms. The van der Waals surface area contributed by atoms with Crippen molar-refractivity contribution in [1.29, 1.82) is 0 Å². The van der Waals surface area contributed by atoms with Gasteiger partial charge in [0.05, 0.1) is 5.56 Å². The molecule has 2 rings (SSSR count). The van der Waals surface area contributed by atoms with Crippen LogP contribution in [0.25, 0.3) is 0 Å². The number of carbonyl (C=O) groups is 2. The maximum Gasteiger partial charge on any atom is 0.335 e. The summed E-state index contributed by atoms with van der Waals surface area (Å²) >= 11 is 0. The van der Waals surface area contributed by atoms with Crippen molar-refractivity contribution < 1.29 is 19.4 Å². The van der Waals surface area contributed by atoms with Crippen LogP contribution in [-0.4, -0.2) is 36.9 Å². The number of carbonyl (C=O) groups excluding carboxylic acids is 1. The van der Waals surface area contributed by atoms with E-state index in [1.165, 1.54) is 12.1 Å². The molecule has 0 spiro atoms. The quantitative estimate of drug-likeness (QED) is 0.775. The van der Waals surface area contributed by atoms with Crippen LogP contribution >= 0.6 is 0 Å². The number of amides is 2. The maximum absolute atomic E-state index is 11.8. The van der Waals surface area contributed by atoms with Gasteiger partial charge in [-0.1, -0.05) is 19.1 Å². The van der Waals surface area contributed by atoms with Crippen molar-refractivity contribution in [3.63, 3.8) is 0 Å². The molecule has 1 saturated heterocycles. The van der Waals surface area contributed by atoms with Crippen LogP contribution in [-0.2, 0) is 11.3 Å². The summed E-state index contributed by atoms with van der Waals surface area (Å²) in [4.78, 5) is 22.5. The lowest BCUT2D eigenvalue weighted by Crippen LogP contribution is -2.41. The Morgan fingerprint density at radius 3 is 2.64 bits per heavy atom. The molecule has 1 fully saturated rings. The summed E-state index contributed by atoms with van der Waals surface area (Å²) in [5, 5.41) is 14.5. The van der Waals surface area contributed by atoms with Crippen molar-refractivity contribution in [2.75, 3.05) is 19.8 Å². The van der Waals surface area contributed by atoms with Gasteiger partial charge < -0.3 is 20.5 Å². The molecule has 0 aliphatic carbocycles. The molecular formula is C16H22N2O4. The first-order valence-corrected chi connectivity index (χ1v) is 7.48. The normalized spacial score (nSPS) is 21.1. The minimum atomic E-state index is -0.956. The zero-order chi connectivity index (χ0) is 15.9. The van der Waals surface area contributed by atoms with Gasteiger partial charge >= 0.3 is 12.0 Å². The van der Waals surface area contributed by atoms with E-state index >= 15 is 0 Å². The predicted octanol–water partition coefficient (Wildman–Crippen LogP) is 1.86. The number of hydrogen-bond donors (Lipinski definition) is 3. The molecule has 0 radical (unpaired) electrons. The van der Waals surface area contributed by atoms with Gasteiger partial charge in [0.2, 0.25) is 0 Å². The fourth-order valence-electron chi connectivity index (χ4n) is 2.46. The Hall–Kier alpha value is -2.08. The van der Waals surface area contributed by atoms with Gasteiger partial charge in [0, 0.05) is 26.3 Å². The molecule has 1 heterocycles. The monoisotopic (exact) mass is 306 g/mol. The zero-order valence-corrected chi connectivity index (χ0v) is 12.7. The molecule has 1 aliphatic heterocycles. The van der Waals surface area contributed by atoms with Crippen molar-refractivity contribution >= 4 is 12.0 Å². The Morgan fingerprint density at radius 2 is 2.00 bits per heavy atom. The first kappa shape index (κ1) is 16.3. The smallest absolute Gasteiger partial charge is 0.335 e. The summed E-state index contributed by atoms with van der Waals surface area (Å²) in [5.74, 6) is -0.0465. The third kappa shape index (κ3) is 4.73. The highest BCUT2D eigenvalue weighted by Gasteiger charge is 2.22. The van der Waals surface area contributed by atoms with Crippen LogP contribution in [0.3, 0.4) is 0 Å². The Labute approximate surface area is 129 Å². The minimum Gasteiger partial charge on any atom is -0.478 e. The molecule has 1 aliphatic rings. The van der Waals surface area contributed by atoms with E-state index < -0.39 is 5.97 Å². The molecule has 6 heteroatoms. The molecule has 6 nitrogen and oxygen atoms in total. The van der Waals surface area contributed by atoms with E-state index in [-0.39, 0.29) is 11.6 Å². The van der Waals surface area contributed by atoms with Crippen molar-refractivity contribution in [3.8, 4) is 0 Å². The number of hydrogen-bond acceptors (Lipinski definition) is 3. The average Bonchev–Trinajstić information content (AvgIpc) is 2.52. The van der Waals surface area contributed by atoms with E-state index in [1.54, 1.807) is 12.1 Å². The summed E-state index contributed by atoms with van der Waals surface area (Å²) in [6.07, 6.45) is 0.970. The number of ether oxygens (including phenoxy) is 1. The van der Waals surface area contributed by atoms with Gasteiger partial charge in [0.25, 0.3) is 0 Å². The highest BCUT2D eigenvalue weighted by atomic mass is 16.5. The van der Waals surface area contributed by atoms with Crippen molar-refractivity contribution in [3.05, 3.63) is 35.4 Å². The topological polar surface area (TPSA) is 87.7 Å². The Bertz CT molecular complexity index is 515. The first-order chi connectivity index (χ1) is 10.6. The van der Waals surface area contributed by atoms with Crippen LogP contribution in [0, 0.1) is 11.8 Å². The zero-order valence-electron chi connectivity index (χ0n) is 12.7. The molecule has 2 amide bonds. The summed E-state index contributed by atoms with van der Waals surface area (Å²) in [6, 6.07) is 6.25. The lowest BCUT2D eigenvalue weighted by molar-refractivity contribution is 0.0253. The van der Waals surface area contributed by atoms with Crippen molar-refractivity contribution in [2.24, 2.45) is 11.8 Å². The number of carboxylic acid groups (broad SMARTS) is 1. The molecule has 22 heavy (non-hydrogen) atoms. The van der Waals surface area contributed by atoms with Gasteiger partial charge in [-0.25, -0.2) is 9.59 Å². The van der Waals surface area contributed by atoms with Crippen molar-refractivity contribution in [1.82, 2.24) is 10.6 Å². The first-order valence-electron chi connectivity index (χ1n) is 7.48. The summed E-state index contributed by atoms with van der Waals surface area (Å²) in [5.41, 5.74) is 1.10. The van der Waals surface area contributed by atoms with E-state index in [1.807, 2.05) is 0 Å². The highest BCUT2D eigenvalue weighted by molar-refractivity contribution is 5.87. The van der Waals surface area contributed by atoms with Gasteiger partial charge in [-0.05, 0) is 36.0 Å². The summed E-state index contributed by atoms with van der Waals surface area (Å²) in [6.45, 7) is 4.66. The molecule has 3 N–H and O–H groups in total. The summed E-state index contributed by atoms with van der Waals surface area (Å²) < 4.78 is 5.38. The largest absolute Gasteiger partial charge is 0.478 e. The van der Waals surface area contributed by atoms with Crippen LogP contribution in [0.5, 0.6) is 0 Å². The van der Waals surface area contributed by atoms with E-state index in [4.69, 9.17) is 9.84 Å². The fourth-order valence-corrected chi connectivity index (χ4v) is 2.46. The number of rotatable bonds is 5. The van der Waals surface area contributed by atoms with Gasteiger partial charge in [-0.3, -0.25) is 0 Å². The van der Waals surface area contributed by atoms with Gasteiger partial charge in [0.1, 0.15) is 0 Å². The number of benzene rings is 1. The number of urea groups is 1. The number of carboxylic acids is 1. The van der Waals surface area contributed by atoms with E-state index in [2.05, 4.69) is 17.6 Å². The Morgan fingerprint density at radius 1 is 1.27 bits per heavy atom. The van der Waals surface area contributed by atoms with E-state index in [0.717, 1.165) is 25.2 Å².